The average molecular weight is 956 g/mol. The number of hydrogen-bond donors (Lipinski definition) is 9. The van der Waals surface area contributed by atoms with Gasteiger partial charge in [-0.2, -0.15) is 0 Å². The molecule has 0 aliphatic heterocycles. The van der Waals surface area contributed by atoms with E-state index < -0.39 is 126 Å². The molecule has 6 atom stereocenters. The number of unbranched alkanes of at least 4 members (excludes halogenated alkanes) is 1. The molecule has 0 unspecified atom stereocenters. The van der Waals surface area contributed by atoms with Crippen LogP contribution >= 0.6 is 0 Å². The van der Waals surface area contributed by atoms with Crippen molar-refractivity contribution in [1.29, 1.82) is 0 Å². The number of benzene rings is 1. The number of primary amides is 1. The Balaban J connectivity index is 2.47. The van der Waals surface area contributed by atoms with Crippen molar-refractivity contribution >= 4 is 59.1 Å². The molecule has 19 nitrogen and oxygen atoms in total. The molecule has 1 saturated carbocycles. The van der Waals surface area contributed by atoms with Gasteiger partial charge in [-0.15, -0.1) is 0 Å². The SMILES string of the molecule is CCCC[C@H](NC(=O)[C@H](CC(C)C)NC(=O)[C@@H](NC(=O)[C@H](Cc1ccccc1C)NC(=O)[C@H](CCC(=O)O)NC(=O)[C@H](CC(=O)O)NC(=O)C1CCC(C(C)(C)C)CC1)C(C)(C)C)C(=O)C(N)=O. The van der Waals surface area contributed by atoms with Gasteiger partial charge in [-0.05, 0) is 85.7 Å². The minimum atomic E-state index is -1.62. The third-order valence-electron chi connectivity index (χ3n) is 12.4. The summed E-state index contributed by atoms with van der Waals surface area (Å²) < 4.78 is 0. The number of hydrogen-bond acceptors (Lipinski definition) is 10. The molecule has 0 bridgehead atoms. The number of nitrogens with two attached hydrogens (primary N) is 1. The Morgan fingerprint density at radius 2 is 1.19 bits per heavy atom. The highest BCUT2D eigenvalue weighted by Gasteiger charge is 2.39. The van der Waals surface area contributed by atoms with Gasteiger partial charge in [0.15, 0.2) is 0 Å². The van der Waals surface area contributed by atoms with Crippen molar-refractivity contribution in [2.75, 3.05) is 0 Å². The van der Waals surface area contributed by atoms with Crippen LogP contribution < -0.4 is 37.6 Å². The number of carbonyl (C=O) groups is 10. The summed E-state index contributed by atoms with van der Waals surface area (Å²) in [6, 6.07) is -1.47. The van der Waals surface area contributed by atoms with Gasteiger partial charge in [-0.3, -0.25) is 47.9 Å². The number of aryl methyl sites for hydroxylation is 1. The molecule has 7 amide bonds. The topological polar surface area (TPSA) is 309 Å². The highest BCUT2D eigenvalue weighted by atomic mass is 16.4. The number of carbonyl (C=O) groups excluding carboxylic acids is 8. The lowest BCUT2D eigenvalue weighted by atomic mass is 9.69. The van der Waals surface area contributed by atoms with Crippen LogP contribution in [-0.2, 0) is 54.4 Å². The Labute approximate surface area is 400 Å². The molecule has 1 aromatic carbocycles. The summed E-state index contributed by atoms with van der Waals surface area (Å²) >= 11 is 0. The van der Waals surface area contributed by atoms with E-state index in [1.807, 2.05) is 20.8 Å². The van der Waals surface area contributed by atoms with Crippen LogP contribution in [0.2, 0.25) is 0 Å². The largest absolute Gasteiger partial charge is 0.481 e. The second-order valence-corrected chi connectivity index (χ2v) is 20.7. The summed E-state index contributed by atoms with van der Waals surface area (Å²) in [6.45, 7) is 18.6. The van der Waals surface area contributed by atoms with E-state index in [1.54, 1.807) is 52.0 Å². The number of nitrogens with one attached hydrogen (secondary N) is 6. The number of carboxylic acid groups (broad SMARTS) is 2. The van der Waals surface area contributed by atoms with Crippen LogP contribution in [0.3, 0.4) is 0 Å². The zero-order valence-electron chi connectivity index (χ0n) is 41.5. The van der Waals surface area contributed by atoms with Gasteiger partial charge >= 0.3 is 11.9 Å². The second kappa shape index (κ2) is 26.6. The molecule has 380 valence electrons. The van der Waals surface area contributed by atoms with Crippen LogP contribution in [0.15, 0.2) is 24.3 Å². The van der Waals surface area contributed by atoms with Crippen molar-refractivity contribution in [1.82, 2.24) is 31.9 Å². The molecule has 1 aromatic rings. The van der Waals surface area contributed by atoms with E-state index in [2.05, 4.69) is 52.7 Å². The van der Waals surface area contributed by atoms with Crippen molar-refractivity contribution in [3.05, 3.63) is 35.4 Å². The van der Waals surface area contributed by atoms with Crippen LogP contribution in [0.5, 0.6) is 0 Å². The first-order valence-corrected chi connectivity index (χ1v) is 23.7. The second-order valence-electron chi connectivity index (χ2n) is 20.7. The molecule has 1 fully saturated rings. The molecule has 1 aliphatic rings. The lowest BCUT2D eigenvalue weighted by Crippen LogP contribution is -2.62. The Morgan fingerprint density at radius 1 is 0.662 bits per heavy atom. The van der Waals surface area contributed by atoms with Crippen molar-refractivity contribution < 1.29 is 58.2 Å². The minimum Gasteiger partial charge on any atom is -0.481 e. The first-order valence-electron chi connectivity index (χ1n) is 23.7. The Hall–Kier alpha value is -5.88. The predicted molar refractivity (Wildman–Crippen MR) is 253 cm³/mol. The minimum absolute atomic E-state index is 0.0372. The molecule has 68 heavy (non-hydrogen) atoms. The van der Waals surface area contributed by atoms with E-state index in [-0.39, 0.29) is 30.6 Å². The van der Waals surface area contributed by atoms with Crippen LogP contribution in [0, 0.1) is 35.5 Å². The lowest BCUT2D eigenvalue weighted by molar-refractivity contribution is -0.141. The molecular weight excluding hydrogens is 879 g/mol. The molecule has 10 N–H and O–H groups in total. The van der Waals surface area contributed by atoms with E-state index in [9.17, 15) is 58.2 Å². The van der Waals surface area contributed by atoms with Gasteiger partial charge in [0.1, 0.15) is 30.2 Å². The maximum absolute atomic E-state index is 14.5. The van der Waals surface area contributed by atoms with E-state index in [4.69, 9.17) is 5.73 Å². The lowest BCUT2D eigenvalue weighted by Gasteiger charge is -2.36. The van der Waals surface area contributed by atoms with Crippen molar-refractivity contribution in [2.24, 2.45) is 34.3 Å². The van der Waals surface area contributed by atoms with Crippen molar-refractivity contribution in [3.8, 4) is 0 Å². The molecule has 19 heteroatoms. The molecule has 1 aliphatic carbocycles. The predicted octanol–water partition coefficient (Wildman–Crippen LogP) is 2.98. The third-order valence-corrected chi connectivity index (χ3v) is 12.4. The standard InChI is InChI=1S/C49H77N7O12/c1-11-12-17-32(39(61)41(50)62)51-44(65)34(24-27(2)3)55-47(68)40(49(8,9)10)56-46(67)35(25-30-16-14-13-15-28(30)4)54-43(64)33(22-23-37(57)58)52-45(66)36(26-38(59)60)53-42(63)29-18-20-31(21-19-29)48(5,6)7/h13-16,27,29,31-36,40H,11-12,17-26H2,1-10H3,(H2,50,62)(H,51,65)(H,52,66)(H,53,63)(H,54,64)(H,55,68)(H,56,67)(H,57,58)(H,59,60)/t29?,31?,32-,33-,34-,35-,36-,40+/m0/s1. The third kappa shape index (κ3) is 19.4. The number of rotatable bonds is 26. The van der Waals surface area contributed by atoms with Gasteiger partial charge in [0.25, 0.3) is 5.91 Å². The summed E-state index contributed by atoms with van der Waals surface area (Å²) in [4.78, 5) is 132. The fourth-order valence-electron chi connectivity index (χ4n) is 8.24. The number of aliphatic carboxylic acids is 2. The van der Waals surface area contributed by atoms with Gasteiger partial charge in [-0.1, -0.05) is 99.4 Å². The summed E-state index contributed by atoms with van der Waals surface area (Å²) in [5, 5.41) is 34.9. The van der Waals surface area contributed by atoms with E-state index in [0.29, 0.717) is 37.2 Å². The summed E-state index contributed by atoms with van der Waals surface area (Å²) in [5.41, 5.74) is 5.64. The van der Waals surface area contributed by atoms with E-state index in [0.717, 1.165) is 18.4 Å². The van der Waals surface area contributed by atoms with E-state index >= 15 is 0 Å². The Kier molecular flexibility index (Phi) is 22.8. The summed E-state index contributed by atoms with van der Waals surface area (Å²) in [6.07, 6.45) is 1.95. The zero-order chi connectivity index (χ0) is 51.7. The Morgan fingerprint density at radius 3 is 1.71 bits per heavy atom. The highest BCUT2D eigenvalue weighted by Crippen LogP contribution is 2.40. The number of Topliss-reactive ketones (excluding diaryl/α,β-unsaturated/α-hetero) is 1. The monoisotopic (exact) mass is 956 g/mol. The summed E-state index contributed by atoms with van der Waals surface area (Å²) in [5.74, 6) is -10.1. The molecule has 0 radical (unpaired) electrons. The number of carboxylic acids is 2. The molecular formula is C49H77N7O12. The maximum atomic E-state index is 14.5. The van der Waals surface area contributed by atoms with Crippen LogP contribution in [0.4, 0.5) is 0 Å². The number of amides is 7. The molecule has 2 rings (SSSR count). The summed E-state index contributed by atoms with van der Waals surface area (Å²) in [7, 11) is 0. The quantitative estimate of drug-likeness (QED) is 0.0606. The Bertz CT molecular complexity index is 1970. The highest BCUT2D eigenvalue weighted by molar-refractivity contribution is 6.37. The molecule has 0 heterocycles. The van der Waals surface area contributed by atoms with Crippen LogP contribution in [0.25, 0.3) is 0 Å². The average Bonchev–Trinajstić information content (AvgIpc) is 3.23. The number of ketones is 1. The first-order chi connectivity index (χ1) is 31.5. The van der Waals surface area contributed by atoms with Gasteiger partial charge < -0.3 is 47.8 Å². The smallest absolute Gasteiger partial charge is 0.305 e. The van der Waals surface area contributed by atoms with Gasteiger partial charge in [-0.25, -0.2) is 0 Å². The van der Waals surface area contributed by atoms with Crippen molar-refractivity contribution in [3.63, 3.8) is 0 Å². The maximum Gasteiger partial charge on any atom is 0.305 e. The van der Waals surface area contributed by atoms with Crippen LogP contribution in [-0.4, -0.2) is 106 Å². The zero-order valence-corrected chi connectivity index (χ0v) is 41.5. The van der Waals surface area contributed by atoms with E-state index in [1.165, 1.54) is 0 Å². The molecule has 0 aromatic heterocycles. The fourth-order valence-corrected chi connectivity index (χ4v) is 8.24. The fraction of sp³-hybridized carbons (Fsp3) is 0.673. The normalized spacial score (nSPS) is 17.8. The molecule has 0 saturated heterocycles. The molecule has 0 spiro atoms. The van der Waals surface area contributed by atoms with Gasteiger partial charge in [0, 0.05) is 18.8 Å². The first kappa shape index (κ1) is 58.2. The van der Waals surface area contributed by atoms with Gasteiger partial charge in [0.2, 0.25) is 41.2 Å². The van der Waals surface area contributed by atoms with Crippen LogP contribution in [0.1, 0.15) is 144 Å². The van der Waals surface area contributed by atoms with Gasteiger partial charge in [0.05, 0.1) is 12.5 Å². The van der Waals surface area contributed by atoms with Crippen molar-refractivity contribution in [2.45, 2.75) is 183 Å².